The largest absolute Gasteiger partial charge is 0.204 e. The third kappa shape index (κ3) is 4.25. The first kappa shape index (κ1) is 21.6. The third-order valence-corrected chi connectivity index (χ3v) is 6.69. The molecule has 0 fully saturated rings. The lowest BCUT2D eigenvalue weighted by Gasteiger charge is -2.09. The fourth-order valence-electron chi connectivity index (χ4n) is 4.99. The second-order valence-electron chi connectivity index (χ2n) is 8.81. The lowest BCUT2D eigenvalue weighted by Crippen LogP contribution is -1.97. The van der Waals surface area contributed by atoms with E-state index in [9.17, 15) is 8.78 Å². The molecular weight excluding hydrogens is 432 g/mol. The van der Waals surface area contributed by atoms with Crippen molar-refractivity contribution in [3.63, 3.8) is 0 Å². The van der Waals surface area contributed by atoms with Crippen LogP contribution in [0.4, 0.5) is 14.5 Å². The van der Waals surface area contributed by atoms with Gasteiger partial charge in [0.25, 0.3) is 0 Å². The van der Waals surface area contributed by atoms with Crippen LogP contribution in [0.25, 0.3) is 33.0 Å². The Balaban J connectivity index is 1.46. The first-order chi connectivity index (χ1) is 16.1. The van der Waals surface area contributed by atoms with Crippen molar-refractivity contribution in [3.8, 4) is 22.3 Å². The lowest BCUT2D eigenvalue weighted by molar-refractivity contribution is 0.507. The molecule has 4 heteroatoms. The van der Waals surface area contributed by atoms with Gasteiger partial charge in [-0.25, -0.2) is 8.78 Å². The zero-order valence-electron chi connectivity index (χ0n) is 18.4. The standard InChI is InChI=1S/C29H23F2NS/c1-2-3-18-10-19-4-5-23(14-25(19)11-18)21-6-7-22-13-24(9-8-20(22)12-21)26-15-27(30)29(32-17-33)28(31)16-26/h4-9,12-16,18H,2-3,10-11H2,1H3. The topological polar surface area (TPSA) is 12.4 Å². The van der Waals surface area contributed by atoms with E-state index in [0.29, 0.717) is 5.56 Å². The van der Waals surface area contributed by atoms with Crippen LogP contribution < -0.4 is 0 Å². The van der Waals surface area contributed by atoms with Crippen LogP contribution >= 0.6 is 12.2 Å². The molecule has 0 saturated heterocycles. The zero-order chi connectivity index (χ0) is 22.9. The van der Waals surface area contributed by atoms with E-state index in [1.807, 2.05) is 23.4 Å². The Morgan fingerprint density at radius 1 is 0.788 bits per heavy atom. The average Bonchev–Trinajstić information content (AvgIpc) is 3.22. The molecule has 0 amide bonds. The first-order valence-electron chi connectivity index (χ1n) is 11.3. The summed E-state index contributed by atoms with van der Waals surface area (Å²) >= 11 is 4.47. The van der Waals surface area contributed by atoms with Crippen LogP contribution in [0, 0.1) is 17.6 Å². The normalized spacial score (nSPS) is 14.8. The van der Waals surface area contributed by atoms with Gasteiger partial charge in [0, 0.05) is 0 Å². The molecule has 1 aliphatic rings. The van der Waals surface area contributed by atoms with Crippen molar-refractivity contribution in [1.29, 1.82) is 0 Å². The molecule has 1 atom stereocenters. The predicted octanol–water partition coefficient (Wildman–Crippen LogP) is 8.70. The highest BCUT2D eigenvalue weighted by molar-refractivity contribution is 7.78. The number of aliphatic imine (C=N–C) groups is 1. The number of nitrogens with zero attached hydrogens (tertiary/aromatic N) is 1. The van der Waals surface area contributed by atoms with Crippen LogP contribution in [0.5, 0.6) is 0 Å². The summed E-state index contributed by atoms with van der Waals surface area (Å²) in [5.74, 6) is -0.730. The van der Waals surface area contributed by atoms with Crippen molar-refractivity contribution >= 4 is 33.8 Å². The second-order valence-corrected chi connectivity index (χ2v) is 9.00. The zero-order valence-corrected chi connectivity index (χ0v) is 19.2. The number of rotatable bonds is 5. The second kappa shape index (κ2) is 8.97. The van der Waals surface area contributed by atoms with E-state index >= 15 is 0 Å². The highest BCUT2D eigenvalue weighted by Crippen LogP contribution is 2.35. The van der Waals surface area contributed by atoms with Gasteiger partial charge in [0.05, 0.1) is 5.16 Å². The lowest BCUT2D eigenvalue weighted by atomic mass is 9.96. The van der Waals surface area contributed by atoms with Gasteiger partial charge in [0.1, 0.15) is 5.69 Å². The molecule has 0 aliphatic heterocycles. The molecule has 0 heterocycles. The molecule has 4 aromatic rings. The van der Waals surface area contributed by atoms with Gasteiger partial charge in [-0.2, -0.15) is 4.99 Å². The van der Waals surface area contributed by atoms with Gasteiger partial charge in [-0.05, 0) is 99.4 Å². The Morgan fingerprint density at radius 3 is 2.00 bits per heavy atom. The number of hydrogen-bond donors (Lipinski definition) is 0. The smallest absolute Gasteiger partial charge is 0.153 e. The van der Waals surface area contributed by atoms with E-state index in [1.165, 1.54) is 60.1 Å². The molecule has 4 aromatic carbocycles. The summed E-state index contributed by atoms with van der Waals surface area (Å²) in [5, 5.41) is 4.12. The van der Waals surface area contributed by atoms with E-state index < -0.39 is 17.3 Å². The SMILES string of the molecule is CCCC1Cc2ccc(-c3ccc4cc(-c5cc(F)c(N=C=S)c(F)c5)ccc4c3)cc2C1. The molecule has 33 heavy (non-hydrogen) atoms. The molecule has 0 radical (unpaired) electrons. The number of benzene rings is 4. The highest BCUT2D eigenvalue weighted by Gasteiger charge is 2.21. The van der Waals surface area contributed by atoms with Crippen LogP contribution in [-0.2, 0) is 12.8 Å². The minimum atomic E-state index is -0.754. The number of halogens is 2. The predicted molar refractivity (Wildman–Crippen MR) is 135 cm³/mol. The molecule has 0 spiro atoms. The van der Waals surface area contributed by atoms with Gasteiger partial charge in [-0.3, -0.25) is 0 Å². The molecule has 0 aromatic heterocycles. The van der Waals surface area contributed by atoms with Gasteiger partial charge in [-0.1, -0.05) is 62.2 Å². The third-order valence-electron chi connectivity index (χ3n) is 6.60. The summed E-state index contributed by atoms with van der Waals surface area (Å²) in [6.45, 7) is 2.26. The van der Waals surface area contributed by atoms with Gasteiger partial charge in [0.2, 0.25) is 0 Å². The average molecular weight is 456 g/mol. The molecule has 164 valence electrons. The van der Waals surface area contributed by atoms with Crippen molar-refractivity contribution in [2.24, 2.45) is 10.9 Å². The maximum Gasteiger partial charge on any atom is 0.153 e. The Morgan fingerprint density at radius 2 is 1.36 bits per heavy atom. The van der Waals surface area contributed by atoms with Crippen LogP contribution in [0.15, 0.2) is 71.7 Å². The molecule has 0 saturated carbocycles. The van der Waals surface area contributed by atoms with Crippen molar-refractivity contribution < 1.29 is 8.78 Å². The van der Waals surface area contributed by atoms with E-state index in [-0.39, 0.29) is 0 Å². The fraction of sp³-hybridized carbons (Fsp3) is 0.207. The number of thiocarbonyl (C=S) groups is 1. The van der Waals surface area contributed by atoms with Gasteiger partial charge in [-0.15, -0.1) is 0 Å². The maximum absolute atomic E-state index is 14.3. The summed E-state index contributed by atoms with van der Waals surface area (Å²) < 4.78 is 28.6. The van der Waals surface area contributed by atoms with E-state index in [2.05, 4.69) is 60.5 Å². The number of fused-ring (bicyclic) bond motifs is 2. The van der Waals surface area contributed by atoms with Crippen LogP contribution in [0.3, 0.4) is 0 Å². The Labute approximate surface area is 197 Å². The highest BCUT2D eigenvalue weighted by atomic mass is 32.1. The van der Waals surface area contributed by atoms with Crippen LogP contribution in [0.2, 0.25) is 0 Å². The van der Waals surface area contributed by atoms with E-state index in [1.54, 1.807) is 0 Å². The molecule has 1 aliphatic carbocycles. The van der Waals surface area contributed by atoms with Gasteiger partial charge in [0.15, 0.2) is 11.6 Å². The van der Waals surface area contributed by atoms with Crippen LogP contribution in [-0.4, -0.2) is 5.16 Å². The Kier molecular flexibility index (Phi) is 5.88. The molecule has 5 rings (SSSR count). The van der Waals surface area contributed by atoms with Crippen LogP contribution in [0.1, 0.15) is 30.9 Å². The minimum Gasteiger partial charge on any atom is -0.204 e. The Hall–Kier alpha value is -3.20. The minimum absolute atomic E-state index is 0.408. The van der Waals surface area contributed by atoms with Gasteiger partial charge >= 0.3 is 0 Å². The first-order valence-corrected chi connectivity index (χ1v) is 11.7. The summed E-state index contributed by atoms with van der Waals surface area (Å²) in [4.78, 5) is 3.48. The molecule has 1 unspecified atom stereocenters. The monoisotopic (exact) mass is 455 g/mol. The number of isothiocyanates is 1. The Bertz CT molecular complexity index is 1400. The number of hydrogen-bond acceptors (Lipinski definition) is 2. The summed E-state index contributed by atoms with van der Waals surface area (Å²) in [6, 6.07) is 21.6. The molecule has 0 N–H and O–H groups in total. The molecular formula is C29H23F2NS. The molecule has 1 nitrogen and oxygen atoms in total. The fourth-order valence-corrected chi connectivity index (χ4v) is 5.08. The quantitative estimate of drug-likeness (QED) is 0.216. The van der Waals surface area contributed by atoms with Crippen molar-refractivity contribution in [2.75, 3.05) is 0 Å². The summed E-state index contributed by atoms with van der Waals surface area (Å²) in [5.41, 5.74) is 6.17. The van der Waals surface area contributed by atoms with Crippen molar-refractivity contribution in [3.05, 3.63) is 89.5 Å². The maximum atomic E-state index is 14.3. The van der Waals surface area contributed by atoms with E-state index in [4.69, 9.17) is 0 Å². The van der Waals surface area contributed by atoms with Gasteiger partial charge < -0.3 is 0 Å². The van der Waals surface area contributed by atoms with Crippen molar-refractivity contribution in [2.45, 2.75) is 32.6 Å². The molecule has 0 bridgehead atoms. The summed E-state index contributed by atoms with van der Waals surface area (Å²) in [7, 11) is 0. The van der Waals surface area contributed by atoms with Crippen molar-refractivity contribution in [1.82, 2.24) is 0 Å². The summed E-state index contributed by atoms with van der Waals surface area (Å²) in [6.07, 6.45) is 4.90. The van der Waals surface area contributed by atoms with E-state index in [0.717, 1.165) is 22.3 Å².